The van der Waals surface area contributed by atoms with Gasteiger partial charge in [0.1, 0.15) is 6.20 Å². The van der Waals surface area contributed by atoms with E-state index in [0.29, 0.717) is 12.0 Å². The minimum Gasteiger partial charge on any atom is -0.328 e. The van der Waals surface area contributed by atoms with Crippen LogP contribution in [0.4, 0.5) is 5.69 Å². The topological polar surface area (TPSA) is 82.0 Å². The van der Waals surface area contributed by atoms with Gasteiger partial charge >= 0.3 is 0 Å². The maximum atomic E-state index is 10.5. The van der Waals surface area contributed by atoms with Gasteiger partial charge < -0.3 is 5.73 Å². The summed E-state index contributed by atoms with van der Waals surface area (Å²) in [5, 5.41) is 10.5. The Morgan fingerprint density at radius 2 is 2.46 bits per heavy atom. The van der Waals surface area contributed by atoms with E-state index < -0.39 is 4.92 Å². The number of hydrogen-bond acceptors (Lipinski definition) is 4. The maximum Gasteiger partial charge on any atom is 0.290 e. The first-order chi connectivity index (χ1) is 6.11. The van der Waals surface area contributed by atoms with Crippen molar-refractivity contribution in [1.29, 1.82) is 0 Å². The van der Waals surface area contributed by atoms with Gasteiger partial charge in [0.05, 0.1) is 4.92 Å². The molecule has 0 saturated heterocycles. The van der Waals surface area contributed by atoms with Crippen molar-refractivity contribution in [2.75, 3.05) is 0 Å². The fraction of sp³-hybridized carbons (Fsp3) is 0.375. The van der Waals surface area contributed by atoms with Crippen molar-refractivity contribution >= 4 is 5.69 Å². The standard InChI is InChI=1S/C8H11N3O2/c1-6(9)4-7-2-3-10-5-8(7)11(12)13/h2-3,5-6H,4,9H2,1H3. The van der Waals surface area contributed by atoms with Crippen molar-refractivity contribution in [3.63, 3.8) is 0 Å². The predicted octanol–water partition coefficient (Wildman–Crippen LogP) is 0.880. The van der Waals surface area contributed by atoms with E-state index >= 15 is 0 Å². The van der Waals surface area contributed by atoms with Crippen molar-refractivity contribution in [3.8, 4) is 0 Å². The first-order valence-corrected chi connectivity index (χ1v) is 3.94. The quantitative estimate of drug-likeness (QED) is 0.554. The Balaban J connectivity index is 2.98. The van der Waals surface area contributed by atoms with Gasteiger partial charge in [-0.1, -0.05) is 0 Å². The molecule has 5 heteroatoms. The largest absolute Gasteiger partial charge is 0.328 e. The van der Waals surface area contributed by atoms with Crippen molar-refractivity contribution < 1.29 is 4.92 Å². The van der Waals surface area contributed by atoms with E-state index in [2.05, 4.69) is 4.98 Å². The molecule has 1 aromatic rings. The molecule has 1 aromatic heterocycles. The van der Waals surface area contributed by atoms with E-state index in [-0.39, 0.29) is 11.7 Å². The van der Waals surface area contributed by atoms with Crippen molar-refractivity contribution in [3.05, 3.63) is 34.1 Å². The molecule has 1 atom stereocenters. The van der Waals surface area contributed by atoms with Crippen molar-refractivity contribution in [2.24, 2.45) is 5.73 Å². The fourth-order valence-electron chi connectivity index (χ4n) is 1.10. The highest BCUT2D eigenvalue weighted by atomic mass is 16.6. The molecular formula is C8H11N3O2. The highest BCUT2D eigenvalue weighted by Gasteiger charge is 2.13. The van der Waals surface area contributed by atoms with Crippen LogP contribution in [0.25, 0.3) is 0 Å². The number of nitrogens with two attached hydrogens (primary N) is 1. The van der Waals surface area contributed by atoms with Gasteiger partial charge in [0.15, 0.2) is 0 Å². The van der Waals surface area contributed by atoms with Crippen LogP contribution in [0.2, 0.25) is 0 Å². The third-order valence-electron chi connectivity index (χ3n) is 1.63. The second-order valence-corrected chi connectivity index (χ2v) is 2.94. The molecule has 0 aromatic carbocycles. The zero-order chi connectivity index (χ0) is 9.84. The molecule has 0 aliphatic rings. The van der Waals surface area contributed by atoms with Crippen LogP contribution in [0.15, 0.2) is 18.5 Å². The lowest BCUT2D eigenvalue weighted by Gasteiger charge is -2.04. The average Bonchev–Trinajstić information content (AvgIpc) is 2.03. The Bertz CT molecular complexity index is 312. The summed E-state index contributed by atoms with van der Waals surface area (Å²) in [5.74, 6) is 0. The Morgan fingerprint density at radius 1 is 1.77 bits per heavy atom. The van der Waals surface area contributed by atoms with E-state index in [0.717, 1.165) is 0 Å². The highest BCUT2D eigenvalue weighted by molar-refractivity contribution is 5.37. The lowest BCUT2D eigenvalue weighted by atomic mass is 10.1. The van der Waals surface area contributed by atoms with Crippen LogP contribution in [0.1, 0.15) is 12.5 Å². The molecule has 2 N–H and O–H groups in total. The van der Waals surface area contributed by atoms with Crippen LogP contribution >= 0.6 is 0 Å². The number of nitro groups is 1. The Hall–Kier alpha value is -1.49. The maximum absolute atomic E-state index is 10.5. The Labute approximate surface area is 75.7 Å². The molecule has 1 heterocycles. The summed E-state index contributed by atoms with van der Waals surface area (Å²) in [6.45, 7) is 1.81. The average molecular weight is 181 g/mol. The first kappa shape index (κ1) is 9.60. The summed E-state index contributed by atoms with van der Waals surface area (Å²) < 4.78 is 0. The number of rotatable bonds is 3. The van der Waals surface area contributed by atoms with Crippen molar-refractivity contribution in [2.45, 2.75) is 19.4 Å². The zero-order valence-electron chi connectivity index (χ0n) is 7.30. The number of aromatic nitrogens is 1. The minimum absolute atomic E-state index is 0.0415. The molecule has 1 unspecified atom stereocenters. The molecule has 0 fully saturated rings. The second-order valence-electron chi connectivity index (χ2n) is 2.94. The van der Waals surface area contributed by atoms with Gasteiger partial charge in [-0.2, -0.15) is 0 Å². The SMILES string of the molecule is CC(N)Cc1ccncc1[N+](=O)[O-]. The molecule has 1 rings (SSSR count). The Kier molecular flexibility index (Phi) is 2.92. The van der Waals surface area contributed by atoms with Gasteiger partial charge in [-0.05, 0) is 19.4 Å². The number of hydrogen-bond donors (Lipinski definition) is 1. The summed E-state index contributed by atoms with van der Waals surface area (Å²) in [6, 6.07) is 1.54. The lowest BCUT2D eigenvalue weighted by Crippen LogP contribution is -2.18. The first-order valence-electron chi connectivity index (χ1n) is 3.94. The third kappa shape index (κ3) is 2.48. The molecule has 0 amide bonds. The van der Waals surface area contributed by atoms with Gasteiger partial charge in [-0.25, -0.2) is 0 Å². The molecule has 0 bridgehead atoms. The van der Waals surface area contributed by atoms with Crippen LogP contribution in [-0.2, 0) is 6.42 Å². The summed E-state index contributed by atoms with van der Waals surface area (Å²) in [7, 11) is 0. The summed E-state index contributed by atoms with van der Waals surface area (Å²) in [6.07, 6.45) is 3.28. The molecule has 13 heavy (non-hydrogen) atoms. The summed E-state index contributed by atoms with van der Waals surface area (Å²) in [4.78, 5) is 13.8. The van der Waals surface area contributed by atoms with E-state index in [1.165, 1.54) is 12.4 Å². The molecular weight excluding hydrogens is 170 g/mol. The number of pyridine rings is 1. The molecule has 0 aliphatic carbocycles. The van der Waals surface area contributed by atoms with Crippen molar-refractivity contribution in [1.82, 2.24) is 4.98 Å². The monoisotopic (exact) mass is 181 g/mol. The fourth-order valence-corrected chi connectivity index (χ4v) is 1.10. The van der Waals surface area contributed by atoms with E-state index in [9.17, 15) is 10.1 Å². The van der Waals surface area contributed by atoms with Crippen LogP contribution < -0.4 is 5.73 Å². The van der Waals surface area contributed by atoms with E-state index in [1.807, 2.05) is 6.92 Å². The van der Waals surface area contributed by atoms with Gasteiger partial charge in [0, 0.05) is 17.8 Å². The van der Waals surface area contributed by atoms with Gasteiger partial charge in [0.2, 0.25) is 0 Å². The van der Waals surface area contributed by atoms with Gasteiger partial charge in [0.25, 0.3) is 5.69 Å². The minimum atomic E-state index is -0.440. The van der Waals surface area contributed by atoms with E-state index in [4.69, 9.17) is 5.73 Å². The van der Waals surface area contributed by atoms with E-state index in [1.54, 1.807) is 6.07 Å². The lowest BCUT2D eigenvalue weighted by molar-refractivity contribution is -0.385. The third-order valence-corrected chi connectivity index (χ3v) is 1.63. The molecule has 0 saturated carbocycles. The van der Waals surface area contributed by atoms with Crippen LogP contribution in [0.5, 0.6) is 0 Å². The zero-order valence-corrected chi connectivity index (χ0v) is 7.30. The Morgan fingerprint density at radius 3 is 3.00 bits per heavy atom. The second kappa shape index (κ2) is 3.95. The number of nitrogens with zero attached hydrogens (tertiary/aromatic N) is 2. The smallest absolute Gasteiger partial charge is 0.290 e. The normalized spacial score (nSPS) is 12.5. The molecule has 5 nitrogen and oxygen atoms in total. The molecule has 0 aliphatic heterocycles. The highest BCUT2D eigenvalue weighted by Crippen LogP contribution is 2.16. The predicted molar refractivity (Wildman–Crippen MR) is 48.2 cm³/mol. The van der Waals surface area contributed by atoms with Crippen LogP contribution in [0, 0.1) is 10.1 Å². The summed E-state index contributed by atoms with van der Waals surface area (Å²) >= 11 is 0. The van der Waals surface area contributed by atoms with Crippen LogP contribution in [-0.4, -0.2) is 15.9 Å². The molecule has 0 spiro atoms. The molecule has 70 valence electrons. The molecule has 0 radical (unpaired) electrons. The van der Waals surface area contributed by atoms with Gasteiger partial charge in [-0.15, -0.1) is 0 Å². The summed E-state index contributed by atoms with van der Waals surface area (Å²) in [5.41, 5.74) is 6.23. The van der Waals surface area contributed by atoms with Crippen LogP contribution in [0.3, 0.4) is 0 Å². The van der Waals surface area contributed by atoms with Gasteiger partial charge in [-0.3, -0.25) is 15.1 Å².